The maximum Gasteiger partial charge on any atom is 0.243 e. The lowest BCUT2D eigenvalue weighted by Crippen LogP contribution is -2.22. The van der Waals surface area contributed by atoms with Crippen LogP contribution in [0.2, 0.25) is 0 Å². The van der Waals surface area contributed by atoms with E-state index in [4.69, 9.17) is 0 Å². The number of amides is 1. The minimum atomic E-state index is -0.308. The normalized spacial score (nSPS) is 16.2. The van der Waals surface area contributed by atoms with Crippen LogP contribution in [0.15, 0.2) is 42.5 Å². The van der Waals surface area contributed by atoms with Gasteiger partial charge in [0.05, 0.1) is 18.3 Å². The molecular formula is C17H17IN2O2. The van der Waals surface area contributed by atoms with Crippen molar-refractivity contribution in [2.75, 3.05) is 17.2 Å². The molecule has 0 unspecified atom stereocenters. The van der Waals surface area contributed by atoms with Gasteiger partial charge in [-0.1, -0.05) is 24.3 Å². The van der Waals surface area contributed by atoms with Gasteiger partial charge in [0.2, 0.25) is 5.91 Å². The van der Waals surface area contributed by atoms with Crippen molar-refractivity contribution in [2.45, 2.75) is 18.9 Å². The molecule has 3 N–H and O–H groups in total. The number of aliphatic hydroxyl groups is 1. The molecule has 3 rings (SSSR count). The molecule has 1 atom stereocenters. The molecule has 114 valence electrons. The highest BCUT2D eigenvalue weighted by molar-refractivity contribution is 14.1. The van der Waals surface area contributed by atoms with Crippen LogP contribution in [0.1, 0.15) is 11.1 Å². The van der Waals surface area contributed by atoms with E-state index in [1.165, 1.54) is 0 Å². The Kier molecular flexibility index (Phi) is 4.63. The highest BCUT2D eigenvalue weighted by Gasteiger charge is 2.21. The Morgan fingerprint density at radius 2 is 1.91 bits per heavy atom. The first kappa shape index (κ1) is 15.3. The molecule has 4 nitrogen and oxygen atoms in total. The van der Waals surface area contributed by atoms with Crippen molar-refractivity contribution >= 4 is 39.9 Å². The summed E-state index contributed by atoms with van der Waals surface area (Å²) >= 11 is 2.20. The zero-order chi connectivity index (χ0) is 15.5. The van der Waals surface area contributed by atoms with Gasteiger partial charge in [0.15, 0.2) is 0 Å². The number of halogens is 1. The van der Waals surface area contributed by atoms with Gasteiger partial charge in [-0.25, -0.2) is 0 Å². The maximum atomic E-state index is 12.1. The molecule has 0 aliphatic heterocycles. The number of anilines is 2. The fourth-order valence-corrected chi connectivity index (χ4v) is 3.25. The number of para-hydroxylation sites is 1. The predicted octanol–water partition coefficient (Wildman–Crippen LogP) is 2.80. The van der Waals surface area contributed by atoms with Crippen LogP contribution in [0.4, 0.5) is 11.4 Å². The quantitative estimate of drug-likeness (QED) is 0.682. The largest absolute Gasteiger partial charge is 0.392 e. The highest BCUT2D eigenvalue weighted by Crippen LogP contribution is 2.28. The molecule has 22 heavy (non-hydrogen) atoms. The standard InChI is InChI=1S/C17H17IN2O2/c18-14-5-1-2-6-16(14)20-17(22)10-19-15-7-3-4-11-8-12(21)9-13(11)15/h1-7,12,19,21H,8-10H2,(H,20,22)/t12-/m1/s1. The maximum absolute atomic E-state index is 12.1. The number of rotatable bonds is 4. The van der Waals surface area contributed by atoms with E-state index in [1.807, 2.05) is 42.5 Å². The third-order valence-electron chi connectivity index (χ3n) is 3.76. The predicted molar refractivity (Wildman–Crippen MR) is 96.1 cm³/mol. The molecule has 5 heteroatoms. The number of nitrogens with one attached hydrogen (secondary N) is 2. The van der Waals surface area contributed by atoms with Crippen LogP contribution in [0, 0.1) is 3.57 Å². The van der Waals surface area contributed by atoms with Gasteiger partial charge in [0.1, 0.15) is 0 Å². The first-order valence-corrected chi connectivity index (χ1v) is 8.28. The monoisotopic (exact) mass is 408 g/mol. The lowest BCUT2D eigenvalue weighted by atomic mass is 10.1. The summed E-state index contributed by atoms with van der Waals surface area (Å²) in [5.41, 5.74) is 4.04. The first-order valence-electron chi connectivity index (χ1n) is 7.20. The van der Waals surface area contributed by atoms with E-state index in [0.717, 1.165) is 26.1 Å². The van der Waals surface area contributed by atoms with Gasteiger partial charge in [0.25, 0.3) is 0 Å². The van der Waals surface area contributed by atoms with Crippen molar-refractivity contribution in [1.29, 1.82) is 0 Å². The lowest BCUT2D eigenvalue weighted by Gasteiger charge is -2.12. The molecular weight excluding hydrogens is 391 g/mol. The molecule has 0 heterocycles. The third-order valence-corrected chi connectivity index (χ3v) is 4.70. The minimum Gasteiger partial charge on any atom is -0.392 e. The summed E-state index contributed by atoms with van der Waals surface area (Å²) in [5.74, 6) is -0.0831. The van der Waals surface area contributed by atoms with E-state index < -0.39 is 0 Å². The average Bonchev–Trinajstić information content (AvgIpc) is 2.88. The minimum absolute atomic E-state index is 0.0831. The van der Waals surface area contributed by atoms with Crippen molar-refractivity contribution in [2.24, 2.45) is 0 Å². The zero-order valence-electron chi connectivity index (χ0n) is 12.0. The summed E-state index contributed by atoms with van der Waals surface area (Å²) in [4.78, 5) is 12.1. The summed E-state index contributed by atoms with van der Waals surface area (Å²) < 4.78 is 1.01. The van der Waals surface area contributed by atoms with E-state index in [9.17, 15) is 9.90 Å². The Morgan fingerprint density at radius 1 is 1.14 bits per heavy atom. The Labute approximate surface area is 143 Å². The van der Waals surface area contributed by atoms with Gasteiger partial charge in [0, 0.05) is 15.7 Å². The summed E-state index contributed by atoms with van der Waals surface area (Å²) in [6.07, 6.45) is 1.04. The van der Waals surface area contributed by atoms with Crippen molar-refractivity contribution in [1.82, 2.24) is 0 Å². The molecule has 0 fully saturated rings. The molecule has 0 bridgehead atoms. The SMILES string of the molecule is O=C(CNc1cccc2c1C[C@H](O)C2)Nc1ccccc1I. The molecule has 0 aromatic heterocycles. The molecule has 2 aromatic carbocycles. The second-order valence-electron chi connectivity index (χ2n) is 5.39. The van der Waals surface area contributed by atoms with Gasteiger partial charge < -0.3 is 15.7 Å². The van der Waals surface area contributed by atoms with Gasteiger partial charge >= 0.3 is 0 Å². The number of benzene rings is 2. The van der Waals surface area contributed by atoms with Crippen LogP contribution >= 0.6 is 22.6 Å². The van der Waals surface area contributed by atoms with E-state index in [2.05, 4.69) is 33.2 Å². The number of aliphatic hydroxyl groups excluding tert-OH is 1. The number of carbonyl (C=O) groups excluding carboxylic acids is 1. The van der Waals surface area contributed by atoms with Crippen molar-refractivity contribution in [3.05, 3.63) is 57.2 Å². The fourth-order valence-electron chi connectivity index (χ4n) is 2.73. The number of carbonyl (C=O) groups is 1. The average molecular weight is 408 g/mol. The van der Waals surface area contributed by atoms with E-state index in [-0.39, 0.29) is 18.6 Å². The van der Waals surface area contributed by atoms with E-state index >= 15 is 0 Å². The Hall–Kier alpha value is -1.60. The fraction of sp³-hybridized carbons (Fsp3) is 0.235. The number of fused-ring (bicyclic) bond motifs is 1. The number of hydrogen-bond acceptors (Lipinski definition) is 3. The van der Waals surface area contributed by atoms with Crippen LogP contribution in [-0.4, -0.2) is 23.7 Å². The van der Waals surface area contributed by atoms with Crippen molar-refractivity contribution < 1.29 is 9.90 Å². The summed E-state index contributed by atoms with van der Waals surface area (Å²) in [7, 11) is 0. The van der Waals surface area contributed by atoms with E-state index in [1.54, 1.807) is 0 Å². The smallest absolute Gasteiger partial charge is 0.243 e. The first-order chi connectivity index (χ1) is 10.6. The van der Waals surface area contributed by atoms with Gasteiger partial charge in [-0.2, -0.15) is 0 Å². The second kappa shape index (κ2) is 6.66. The van der Waals surface area contributed by atoms with Crippen LogP contribution in [0.5, 0.6) is 0 Å². The third kappa shape index (κ3) is 3.41. The molecule has 1 aliphatic carbocycles. The summed E-state index contributed by atoms with van der Waals surface area (Å²) in [6, 6.07) is 13.6. The van der Waals surface area contributed by atoms with Gasteiger partial charge in [-0.15, -0.1) is 0 Å². The Balaban J connectivity index is 1.63. The molecule has 0 saturated carbocycles. The van der Waals surface area contributed by atoms with Crippen LogP contribution < -0.4 is 10.6 Å². The van der Waals surface area contributed by atoms with Gasteiger partial charge in [-0.05, 0) is 58.3 Å². The Bertz CT molecular complexity index is 703. The summed E-state index contributed by atoms with van der Waals surface area (Å²) in [5, 5.41) is 15.8. The van der Waals surface area contributed by atoms with Crippen LogP contribution in [-0.2, 0) is 17.6 Å². The van der Waals surface area contributed by atoms with E-state index in [0.29, 0.717) is 12.8 Å². The highest BCUT2D eigenvalue weighted by atomic mass is 127. The van der Waals surface area contributed by atoms with Crippen LogP contribution in [0.25, 0.3) is 0 Å². The van der Waals surface area contributed by atoms with Crippen LogP contribution in [0.3, 0.4) is 0 Å². The topological polar surface area (TPSA) is 61.4 Å². The molecule has 0 spiro atoms. The summed E-state index contributed by atoms with van der Waals surface area (Å²) in [6.45, 7) is 0.206. The lowest BCUT2D eigenvalue weighted by molar-refractivity contribution is -0.114. The molecule has 2 aromatic rings. The molecule has 1 aliphatic rings. The van der Waals surface area contributed by atoms with Crippen molar-refractivity contribution in [3.8, 4) is 0 Å². The molecule has 1 amide bonds. The van der Waals surface area contributed by atoms with Crippen molar-refractivity contribution in [3.63, 3.8) is 0 Å². The zero-order valence-corrected chi connectivity index (χ0v) is 14.1. The second-order valence-corrected chi connectivity index (χ2v) is 6.55. The number of hydrogen-bond donors (Lipinski definition) is 3. The Morgan fingerprint density at radius 3 is 2.73 bits per heavy atom. The molecule has 0 saturated heterocycles. The molecule has 0 radical (unpaired) electrons. The van der Waals surface area contributed by atoms with Gasteiger partial charge in [-0.3, -0.25) is 4.79 Å².